The molecule has 1 atom stereocenters. The number of nitrogens with one attached hydrogen (secondary N) is 1. The molecule has 20 heavy (non-hydrogen) atoms. The minimum atomic E-state index is -0.142. The number of rotatable bonds is 4. The van der Waals surface area contributed by atoms with E-state index in [0.717, 1.165) is 18.6 Å². The van der Waals surface area contributed by atoms with E-state index in [9.17, 15) is 4.79 Å². The van der Waals surface area contributed by atoms with Gasteiger partial charge >= 0.3 is 0 Å². The summed E-state index contributed by atoms with van der Waals surface area (Å²) in [5.74, 6) is 0.989. The summed E-state index contributed by atoms with van der Waals surface area (Å²) in [6, 6.07) is 2.12. The molecule has 0 radical (unpaired) electrons. The number of hydrogen-bond acceptors (Lipinski definition) is 4. The van der Waals surface area contributed by atoms with Crippen LogP contribution in [0.25, 0.3) is 0 Å². The molecule has 4 nitrogen and oxygen atoms in total. The Labute approximate surface area is 122 Å². The summed E-state index contributed by atoms with van der Waals surface area (Å²) < 4.78 is 5.35. The van der Waals surface area contributed by atoms with Crippen molar-refractivity contribution in [3.8, 4) is 0 Å². The summed E-state index contributed by atoms with van der Waals surface area (Å²) in [7, 11) is 0. The summed E-state index contributed by atoms with van der Waals surface area (Å²) in [6.45, 7) is 6.17. The monoisotopic (exact) mass is 290 g/mol. The molecule has 2 heterocycles. The zero-order valence-electron chi connectivity index (χ0n) is 11.9. The van der Waals surface area contributed by atoms with Crippen LogP contribution >= 0.6 is 11.3 Å². The van der Waals surface area contributed by atoms with Gasteiger partial charge < -0.3 is 9.73 Å². The first-order chi connectivity index (χ1) is 9.56. The summed E-state index contributed by atoms with van der Waals surface area (Å²) >= 11 is 1.75. The molecule has 0 saturated heterocycles. The number of carbonyl (C=O) groups is 1. The fraction of sp³-hybridized carbons (Fsp3) is 0.467. The van der Waals surface area contributed by atoms with Crippen LogP contribution < -0.4 is 5.32 Å². The van der Waals surface area contributed by atoms with Gasteiger partial charge in [-0.3, -0.25) is 4.79 Å². The quantitative estimate of drug-likeness (QED) is 0.933. The number of aryl methyl sites for hydroxylation is 2. The van der Waals surface area contributed by atoms with Gasteiger partial charge in [0.2, 0.25) is 0 Å². The Kier molecular flexibility index (Phi) is 3.38. The van der Waals surface area contributed by atoms with Gasteiger partial charge in [-0.2, -0.15) is 0 Å². The predicted molar refractivity (Wildman–Crippen MR) is 78.2 cm³/mol. The first-order valence-corrected chi connectivity index (χ1v) is 7.69. The van der Waals surface area contributed by atoms with Crippen LogP contribution in [0.5, 0.6) is 0 Å². The first-order valence-electron chi connectivity index (χ1n) is 6.87. The van der Waals surface area contributed by atoms with Gasteiger partial charge in [0.05, 0.1) is 6.04 Å². The molecule has 0 aliphatic heterocycles. The second-order valence-corrected chi connectivity index (χ2v) is 6.86. The van der Waals surface area contributed by atoms with E-state index in [4.69, 9.17) is 4.42 Å². The SMILES string of the molecule is Cc1cc(C(C)NC(=O)c2ncoc2C2CC2)c(C)s1. The maximum atomic E-state index is 12.3. The van der Waals surface area contributed by atoms with Crippen LogP contribution in [0.3, 0.4) is 0 Å². The Morgan fingerprint density at radius 2 is 2.25 bits per heavy atom. The third kappa shape index (κ3) is 2.50. The molecule has 0 aromatic carbocycles. The first kappa shape index (κ1) is 13.4. The molecule has 1 amide bonds. The summed E-state index contributed by atoms with van der Waals surface area (Å²) in [6.07, 6.45) is 3.55. The van der Waals surface area contributed by atoms with Crippen molar-refractivity contribution in [3.63, 3.8) is 0 Å². The molecule has 0 spiro atoms. The molecule has 0 bridgehead atoms. The Morgan fingerprint density at radius 1 is 1.50 bits per heavy atom. The van der Waals surface area contributed by atoms with Crippen LogP contribution in [0.4, 0.5) is 0 Å². The fourth-order valence-electron chi connectivity index (χ4n) is 2.48. The lowest BCUT2D eigenvalue weighted by Crippen LogP contribution is -2.27. The molecule has 1 N–H and O–H groups in total. The fourth-order valence-corrected chi connectivity index (χ4v) is 3.51. The molecular weight excluding hydrogens is 272 g/mol. The highest BCUT2D eigenvalue weighted by atomic mass is 32.1. The second kappa shape index (κ2) is 5.05. The van der Waals surface area contributed by atoms with Gasteiger partial charge in [0.25, 0.3) is 5.91 Å². The lowest BCUT2D eigenvalue weighted by Gasteiger charge is -2.13. The number of oxazole rings is 1. The van der Waals surface area contributed by atoms with Gasteiger partial charge in [0.1, 0.15) is 5.76 Å². The molecular formula is C15H18N2O2S. The Morgan fingerprint density at radius 3 is 2.85 bits per heavy atom. The minimum Gasteiger partial charge on any atom is -0.447 e. The molecule has 2 aromatic rings. The highest BCUT2D eigenvalue weighted by Gasteiger charge is 2.32. The lowest BCUT2D eigenvalue weighted by molar-refractivity contribution is 0.0933. The van der Waals surface area contributed by atoms with Crippen molar-refractivity contribution in [2.24, 2.45) is 0 Å². The average molecular weight is 290 g/mol. The Hall–Kier alpha value is -1.62. The maximum Gasteiger partial charge on any atom is 0.274 e. The summed E-state index contributed by atoms with van der Waals surface area (Å²) in [5, 5.41) is 3.02. The van der Waals surface area contributed by atoms with Gasteiger partial charge in [0, 0.05) is 15.7 Å². The Bertz CT molecular complexity index is 640. The Balaban J connectivity index is 1.75. The predicted octanol–water partition coefficient (Wildman–Crippen LogP) is 3.72. The standard InChI is InChI=1S/C15H18N2O2S/c1-8-6-12(10(3)20-8)9(2)17-15(18)13-14(11-4-5-11)19-7-16-13/h6-7,9,11H,4-5H2,1-3H3,(H,17,18). The molecule has 5 heteroatoms. The van der Waals surface area contributed by atoms with Crippen molar-refractivity contribution >= 4 is 17.2 Å². The van der Waals surface area contributed by atoms with Crippen molar-refractivity contribution in [1.82, 2.24) is 10.3 Å². The normalized spacial score (nSPS) is 16.1. The van der Waals surface area contributed by atoms with E-state index in [1.165, 1.54) is 21.7 Å². The summed E-state index contributed by atoms with van der Waals surface area (Å²) in [5.41, 5.74) is 1.63. The summed E-state index contributed by atoms with van der Waals surface area (Å²) in [4.78, 5) is 18.9. The van der Waals surface area contributed by atoms with E-state index in [0.29, 0.717) is 11.6 Å². The van der Waals surface area contributed by atoms with Crippen molar-refractivity contribution in [2.45, 2.75) is 45.6 Å². The van der Waals surface area contributed by atoms with Gasteiger partial charge in [0.15, 0.2) is 12.1 Å². The smallest absolute Gasteiger partial charge is 0.274 e. The van der Waals surface area contributed by atoms with Crippen molar-refractivity contribution < 1.29 is 9.21 Å². The van der Waals surface area contributed by atoms with Crippen LogP contribution in [0.15, 0.2) is 16.9 Å². The third-order valence-electron chi connectivity index (χ3n) is 3.65. The van der Waals surface area contributed by atoms with E-state index >= 15 is 0 Å². The van der Waals surface area contributed by atoms with Crippen LogP contribution in [0.1, 0.15) is 63.3 Å². The zero-order chi connectivity index (χ0) is 14.3. The van der Waals surface area contributed by atoms with E-state index in [2.05, 4.69) is 30.2 Å². The van der Waals surface area contributed by atoms with Gasteiger partial charge in [-0.25, -0.2) is 4.98 Å². The molecule has 1 fully saturated rings. The lowest BCUT2D eigenvalue weighted by atomic mass is 10.1. The number of thiophene rings is 1. The maximum absolute atomic E-state index is 12.3. The minimum absolute atomic E-state index is 0.0174. The van der Waals surface area contributed by atoms with Gasteiger partial charge in [-0.15, -0.1) is 11.3 Å². The highest BCUT2D eigenvalue weighted by molar-refractivity contribution is 7.12. The molecule has 3 rings (SSSR count). The molecule has 106 valence electrons. The number of hydrogen-bond donors (Lipinski definition) is 1. The van der Waals surface area contributed by atoms with Crippen LogP contribution in [0.2, 0.25) is 0 Å². The van der Waals surface area contributed by atoms with E-state index in [-0.39, 0.29) is 11.9 Å². The second-order valence-electron chi connectivity index (χ2n) is 5.40. The number of amides is 1. The molecule has 1 aliphatic carbocycles. The van der Waals surface area contributed by atoms with Crippen molar-refractivity contribution in [1.29, 1.82) is 0 Å². The van der Waals surface area contributed by atoms with Crippen LogP contribution in [0, 0.1) is 13.8 Å². The van der Waals surface area contributed by atoms with Crippen molar-refractivity contribution in [2.75, 3.05) is 0 Å². The van der Waals surface area contributed by atoms with E-state index in [1.807, 2.05) is 6.92 Å². The number of nitrogens with zero attached hydrogens (tertiary/aromatic N) is 1. The highest BCUT2D eigenvalue weighted by Crippen LogP contribution is 2.41. The van der Waals surface area contributed by atoms with Crippen molar-refractivity contribution in [3.05, 3.63) is 39.2 Å². The van der Waals surface area contributed by atoms with Crippen LogP contribution in [-0.4, -0.2) is 10.9 Å². The zero-order valence-corrected chi connectivity index (χ0v) is 12.7. The number of carbonyl (C=O) groups excluding carboxylic acids is 1. The molecule has 2 aromatic heterocycles. The molecule has 1 saturated carbocycles. The molecule has 1 aliphatic rings. The van der Waals surface area contributed by atoms with E-state index < -0.39 is 0 Å². The van der Waals surface area contributed by atoms with E-state index in [1.54, 1.807) is 11.3 Å². The van der Waals surface area contributed by atoms with Crippen LogP contribution in [-0.2, 0) is 0 Å². The van der Waals surface area contributed by atoms with Gasteiger partial charge in [-0.1, -0.05) is 0 Å². The largest absolute Gasteiger partial charge is 0.447 e. The van der Waals surface area contributed by atoms with Gasteiger partial charge in [-0.05, 0) is 45.2 Å². The average Bonchev–Trinajstić information content (AvgIpc) is 3.01. The molecule has 1 unspecified atom stereocenters. The number of aromatic nitrogens is 1. The third-order valence-corrected chi connectivity index (χ3v) is 4.63. The topological polar surface area (TPSA) is 55.1 Å².